The van der Waals surface area contributed by atoms with Gasteiger partial charge in [0.1, 0.15) is 17.9 Å². The lowest BCUT2D eigenvalue weighted by atomic mass is 9.87. The standard InChI is InChI=1S/C28H25ClF3NO4/c1-27(15-18-4-9-23(29)10-5-18)13-12-20-14-21(6-11-24(20)37-27)26(36)33(17-25(34)35)16-19-2-7-22(8-3-19)28(30,31)32/h2-11,14H,12-13,15-17H2,1H3,(H,34,35)/t27-/m0/s1. The second-order valence-corrected chi connectivity index (χ2v) is 9.86. The van der Waals surface area contributed by atoms with Crippen LogP contribution in [0.15, 0.2) is 66.7 Å². The van der Waals surface area contributed by atoms with Gasteiger partial charge in [0.2, 0.25) is 0 Å². The Kier molecular flexibility index (Phi) is 7.50. The molecule has 0 aliphatic carbocycles. The largest absolute Gasteiger partial charge is 0.487 e. The smallest absolute Gasteiger partial charge is 0.416 e. The number of aryl methyl sites for hydroxylation is 1. The van der Waals surface area contributed by atoms with E-state index < -0.39 is 35.8 Å². The Balaban J connectivity index is 1.50. The third-order valence-corrected chi connectivity index (χ3v) is 6.60. The molecule has 4 rings (SSSR count). The predicted molar refractivity (Wildman–Crippen MR) is 133 cm³/mol. The molecule has 0 aromatic heterocycles. The van der Waals surface area contributed by atoms with Crippen LogP contribution in [0.3, 0.4) is 0 Å². The van der Waals surface area contributed by atoms with Crippen molar-refractivity contribution in [3.63, 3.8) is 0 Å². The Morgan fingerprint density at radius 3 is 2.30 bits per heavy atom. The second kappa shape index (κ2) is 10.5. The number of carbonyl (C=O) groups is 2. The van der Waals surface area contributed by atoms with E-state index in [0.29, 0.717) is 35.6 Å². The topological polar surface area (TPSA) is 66.8 Å². The zero-order chi connectivity index (χ0) is 26.8. The Morgan fingerprint density at radius 2 is 1.68 bits per heavy atom. The molecule has 1 aliphatic rings. The van der Waals surface area contributed by atoms with Crippen molar-refractivity contribution >= 4 is 23.5 Å². The molecule has 1 aliphatic heterocycles. The average molecular weight is 532 g/mol. The van der Waals surface area contributed by atoms with Gasteiger partial charge in [-0.15, -0.1) is 0 Å². The van der Waals surface area contributed by atoms with Gasteiger partial charge in [0.15, 0.2) is 0 Å². The number of rotatable bonds is 7. The maximum absolute atomic E-state index is 13.2. The van der Waals surface area contributed by atoms with Crippen LogP contribution in [0, 0.1) is 0 Å². The van der Waals surface area contributed by atoms with Crippen LogP contribution in [0.2, 0.25) is 5.02 Å². The van der Waals surface area contributed by atoms with E-state index in [1.54, 1.807) is 18.2 Å². The molecule has 0 radical (unpaired) electrons. The molecule has 0 spiro atoms. The summed E-state index contributed by atoms with van der Waals surface area (Å²) in [5, 5.41) is 9.99. The molecule has 0 fully saturated rings. The van der Waals surface area contributed by atoms with Crippen LogP contribution in [0.1, 0.15) is 46.0 Å². The summed E-state index contributed by atoms with van der Waals surface area (Å²) in [5.41, 5.74) is 1.35. The fraction of sp³-hybridized carbons (Fsp3) is 0.286. The number of carboxylic acid groups (broad SMARTS) is 1. The van der Waals surface area contributed by atoms with Gasteiger partial charge in [-0.3, -0.25) is 9.59 Å². The van der Waals surface area contributed by atoms with E-state index in [0.717, 1.165) is 28.2 Å². The highest BCUT2D eigenvalue weighted by Gasteiger charge is 2.33. The highest BCUT2D eigenvalue weighted by Crippen LogP contribution is 2.36. The second-order valence-electron chi connectivity index (χ2n) is 9.43. The van der Waals surface area contributed by atoms with Crippen LogP contribution in [0.4, 0.5) is 13.2 Å². The summed E-state index contributed by atoms with van der Waals surface area (Å²) in [4.78, 5) is 25.7. The first-order valence-corrected chi connectivity index (χ1v) is 12.0. The van der Waals surface area contributed by atoms with Crippen LogP contribution in [-0.4, -0.2) is 34.0 Å². The van der Waals surface area contributed by atoms with E-state index in [-0.39, 0.29) is 12.1 Å². The van der Waals surface area contributed by atoms with Crippen molar-refractivity contribution in [3.05, 3.63) is 99.6 Å². The summed E-state index contributed by atoms with van der Waals surface area (Å²) >= 11 is 5.98. The van der Waals surface area contributed by atoms with E-state index in [1.807, 2.05) is 31.2 Å². The first kappa shape index (κ1) is 26.5. The van der Waals surface area contributed by atoms with E-state index >= 15 is 0 Å². The Labute approximate surface area is 217 Å². The number of amides is 1. The van der Waals surface area contributed by atoms with Crippen molar-refractivity contribution in [1.29, 1.82) is 0 Å². The minimum atomic E-state index is -4.48. The van der Waals surface area contributed by atoms with Crippen molar-refractivity contribution in [2.24, 2.45) is 0 Å². The highest BCUT2D eigenvalue weighted by molar-refractivity contribution is 6.30. The van der Waals surface area contributed by atoms with Gasteiger partial charge in [-0.25, -0.2) is 0 Å². The minimum Gasteiger partial charge on any atom is -0.487 e. The van der Waals surface area contributed by atoms with Crippen molar-refractivity contribution in [1.82, 2.24) is 4.90 Å². The van der Waals surface area contributed by atoms with Crippen molar-refractivity contribution < 1.29 is 32.6 Å². The highest BCUT2D eigenvalue weighted by atomic mass is 35.5. The average Bonchev–Trinajstić information content (AvgIpc) is 2.84. The molecule has 0 bridgehead atoms. The number of fused-ring (bicyclic) bond motifs is 1. The number of benzene rings is 3. The van der Waals surface area contributed by atoms with E-state index in [2.05, 4.69) is 0 Å². The molecule has 0 unspecified atom stereocenters. The minimum absolute atomic E-state index is 0.143. The Bertz CT molecular complexity index is 1290. The number of carboxylic acids is 1. The molecule has 9 heteroatoms. The number of hydrogen-bond donors (Lipinski definition) is 1. The van der Waals surface area contributed by atoms with Crippen LogP contribution in [0.25, 0.3) is 0 Å². The summed E-state index contributed by atoms with van der Waals surface area (Å²) in [7, 11) is 0. The SMILES string of the molecule is C[C@@]1(Cc2ccc(Cl)cc2)CCc2cc(C(=O)N(CC(=O)O)Cc3ccc(C(F)(F)F)cc3)ccc2O1. The summed E-state index contributed by atoms with van der Waals surface area (Å²) in [6.07, 6.45) is -2.42. The van der Waals surface area contributed by atoms with Gasteiger partial charge in [-0.2, -0.15) is 13.2 Å². The first-order chi connectivity index (χ1) is 17.4. The number of alkyl halides is 3. The quantitative estimate of drug-likeness (QED) is 0.382. The summed E-state index contributed by atoms with van der Waals surface area (Å²) < 4.78 is 44.9. The summed E-state index contributed by atoms with van der Waals surface area (Å²) in [5.74, 6) is -1.09. The molecular weight excluding hydrogens is 507 g/mol. The van der Waals surface area contributed by atoms with Gasteiger partial charge >= 0.3 is 12.1 Å². The molecule has 1 heterocycles. The van der Waals surface area contributed by atoms with Gasteiger partial charge in [-0.1, -0.05) is 35.9 Å². The Morgan fingerprint density at radius 1 is 1.03 bits per heavy atom. The Hall–Kier alpha value is -3.52. The van der Waals surface area contributed by atoms with Crippen molar-refractivity contribution in [3.8, 4) is 5.75 Å². The molecule has 1 amide bonds. The van der Waals surface area contributed by atoms with Gasteiger partial charge in [0.05, 0.1) is 5.56 Å². The van der Waals surface area contributed by atoms with Gasteiger partial charge in [0, 0.05) is 23.6 Å². The van der Waals surface area contributed by atoms with Crippen LogP contribution in [-0.2, 0) is 30.4 Å². The molecule has 194 valence electrons. The zero-order valence-corrected chi connectivity index (χ0v) is 20.8. The lowest BCUT2D eigenvalue weighted by molar-refractivity contribution is -0.138. The van der Waals surface area contributed by atoms with Crippen LogP contribution < -0.4 is 4.74 Å². The van der Waals surface area contributed by atoms with Gasteiger partial charge in [0.25, 0.3) is 5.91 Å². The maximum atomic E-state index is 13.2. The summed E-state index contributed by atoms with van der Waals surface area (Å²) in [6, 6.07) is 16.9. The lowest BCUT2D eigenvalue weighted by Crippen LogP contribution is -2.39. The maximum Gasteiger partial charge on any atom is 0.416 e. The molecular formula is C28H25ClF3NO4. The predicted octanol–water partition coefficient (Wildman–Crippen LogP) is 6.41. The fourth-order valence-electron chi connectivity index (χ4n) is 4.45. The third-order valence-electron chi connectivity index (χ3n) is 6.35. The summed E-state index contributed by atoms with van der Waals surface area (Å²) in [6.45, 7) is 1.30. The molecule has 1 N–H and O–H groups in total. The number of nitrogens with zero attached hydrogens (tertiary/aromatic N) is 1. The molecule has 37 heavy (non-hydrogen) atoms. The normalized spacial score (nSPS) is 17.0. The van der Waals surface area contributed by atoms with Crippen molar-refractivity contribution in [2.75, 3.05) is 6.54 Å². The lowest BCUT2D eigenvalue weighted by Gasteiger charge is -2.36. The first-order valence-electron chi connectivity index (χ1n) is 11.7. The number of aliphatic carboxylic acids is 1. The van der Waals surface area contributed by atoms with Crippen LogP contribution in [0.5, 0.6) is 5.75 Å². The number of halogens is 4. The third kappa shape index (κ3) is 6.63. The van der Waals surface area contributed by atoms with E-state index in [4.69, 9.17) is 16.3 Å². The number of carbonyl (C=O) groups excluding carboxylic acids is 1. The molecule has 1 atom stereocenters. The number of ether oxygens (including phenoxy) is 1. The van der Waals surface area contributed by atoms with Gasteiger partial charge in [-0.05, 0) is 78.9 Å². The van der Waals surface area contributed by atoms with Crippen LogP contribution >= 0.6 is 11.6 Å². The van der Waals surface area contributed by atoms with E-state index in [9.17, 15) is 27.9 Å². The fourth-order valence-corrected chi connectivity index (χ4v) is 4.57. The molecule has 3 aromatic rings. The van der Waals surface area contributed by atoms with E-state index in [1.165, 1.54) is 12.1 Å². The monoisotopic (exact) mass is 531 g/mol. The number of hydrogen-bond acceptors (Lipinski definition) is 3. The molecule has 3 aromatic carbocycles. The molecule has 0 saturated heterocycles. The molecule has 5 nitrogen and oxygen atoms in total. The molecule has 0 saturated carbocycles. The zero-order valence-electron chi connectivity index (χ0n) is 20.0. The van der Waals surface area contributed by atoms with Gasteiger partial charge < -0.3 is 14.7 Å². The van der Waals surface area contributed by atoms with Crippen molar-refractivity contribution in [2.45, 2.75) is 44.5 Å².